The Labute approximate surface area is 142 Å². The highest BCUT2D eigenvalue weighted by Crippen LogP contribution is 2.49. The SMILES string of the molecule is Nc1ccc(C2(C(=O)Nc3ccc(I)cc3Cl)CC2)cc1. The van der Waals surface area contributed by atoms with Crippen LogP contribution in [0.5, 0.6) is 0 Å². The predicted molar refractivity (Wildman–Crippen MR) is 94.6 cm³/mol. The van der Waals surface area contributed by atoms with Crippen molar-refractivity contribution in [2.24, 2.45) is 0 Å². The Balaban J connectivity index is 1.83. The monoisotopic (exact) mass is 412 g/mol. The maximum atomic E-state index is 12.6. The molecule has 3 N–H and O–H groups in total. The third-order valence-electron chi connectivity index (χ3n) is 3.83. The van der Waals surface area contributed by atoms with Gasteiger partial charge in [0.05, 0.1) is 16.1 Å². The number of nitrogens with one attached hydrogen (secondary N) is 1. The summed E-state index contributed by atoms with van der Waals surface area (Å²) in [4.78, 5) is 12.6. The van der Waals surface area contributed by atoms with Gasteiger partial charge in [0.25, 0.3) is 0 Å². The Bertz CT molecular complexity index is 696. The fourth-order valence-electron chi connectivity index (χ4n) is 2.41. The van der Waals surface area contributed by atoms with E-state index < -0.39 is 5.41 Å². The van der Waals surface area contributed by atoms with Gasteiger partial charge in [-0.25, -0.2) is 0 Å². The molecular formula is C16H14ClIN2O. The van der Waals surface area contributed by atoms with Crippen molar-refractivity contribution >= 4 is 51.5 Å². The third-order valence-corrected chi connectivity index (χ3v) is 4.81. The van der Waals surface area contributed by atoms with Crippen molar-refractivity contribution in [1.29, 1.82) is 0 Å². The van der Waals surface area contributed by atoms with E-state index in [1.54, 1.807) is 0 Å². The molecule has 1 amide bonds. The number of carbonyl (C=O) groups excluding carboxylic acids is 1. The molecule has 1 aliphatic rings. The third kappa shape index (κ3) is 2.87. The maximum Gasteiger partial charge on any atom is 0.235 e. The van der Waals surface area contributed by atoms with Crippen LogP contribution in [0.25, 0.3) is 0 Å². The molecule has 0 bridgehead atoms. The second kappa shape index (κ2) is 5.50. The largest absolute Gasteiger partial charge is 0.399 e. The number of nitrogens with two attached hydrogens (primary N) is 1. The lowest BCUT2D eigenvalue weighted by molar-refractivity contribution is -0.118. The Morgan fingerprint density at radius 2 is 1.86 bits per heavy atom. The molecule has 0 aromatic heterocycles. The molecule has 5 heteroatoms. The van der Waals surface area contributed by atoms with E-state index in [0.717, 1.165) is 22.0 Å². The first-order valence-corrected chi connectivity index (χ1v) is 8.09. The summed E-state index contributed by atoms with van der Waals surface area (Å²) < 4.78 is 1.04. The summed E-state index contributed by atoms with van der Waals surface area (Å²) in [6, 6.07) is 13.1. The molecule has 1 saturated carbocycles. The van der Waals surface area contributed by atoms with Gasteiger partial charge in [0.1, 0.15) is 0 Å². The van der Waals surface area contributed by atoms with Crippen LogP contribution in [-0.4, -0.2) is 5.91 Å². The van der Waals surface area contributed by atoms with E-state index in [9.17, 15) is 4.79 Å². The Morgan fingerprint density at radius 1 is 1.19 bits per heavy atom. The Morgan fingerprint density at radius 3 is 2.43 bits per heavy atom. The van der Waals surface area contributed by atoms with Gasteiger partial charge in [-0.3, -0.25) is 4.79 Å². The maximum absolute atomic E-state index is 12.6. The average molecular weight is 413 g/mol. The topological polar surface area (TPSA) is 55.1 Å². The highest BCUT2D eigenvalue weighted by atomic mass is 127. The molecule has 2 aromatic rings. The lowest BCUT2D eigenvalue weighted by Crippen LogP contribution is -2.27. The number of hydrogen-bond acceptors (Lipinski definition) is 2. The van der Waals surface area contributed by atoms with Crippen LogP contribution in [0.3, 0.4) is 0 Å². The Kier molecular flexibility index (Phi) is 3.84. The molecule has 0 radical (unpaired) electrons. The highest BCUT2D eigenvalue weighted by molar-refractivity contribution is 14.1. The van der Waals surface area contributed by atoms with Crippen molar-refractivity contribution in [1.82, 2.24) is 0 Å². The van der Waals surface area contributed by atoms with E-state index in [2.05, 4.69) is 27.9 Å². The minimum atomic E-state index is -0.431. The lowest BCUT2D eigenvalue weighted by Gasteiger charge is -2.16. The molecule has 0 atom stereocenters. The fraction of sp³-hybridized carbons (Fsp3) is 0.188. The van der Waals surface area contributed by atoms with E-state index in [1.807, 2.05) is 42.5 Å². The van der Waals surface area contributed by atoms with Gasteiger partial charge in [0, 0.05) is 9.26 Å². The van der Waals surface area contributed by atoms with Gasteiger partial charge in [0.15, 0.2) is 0 Å². The second-order valence-electron chi connectivity index (χ2n) is 5.28. The first-order valence-electron chi connectivity index (χ1n) is 6.64. The predicted octanol–water partition coefficient (Wildman–Crippen LogP) is 4.20. The van der Waals surface area contributed by atoms with Crippen LogP contribution >= 0.6 is 34.2 Å². The number of rotatable bonds is 3. The smallest absolute Gasteiger partial charge is 0.235 e. The summed E-state index contributed by atoms with van der Waals surface area (Å²) in [5.74, 6) is -0.00428. The Hall–Kier alpha value is -1.27. The van der Waals surface area contributed by atoms with Crippen molar-refractivity contribution in [3.8, 4) is 0 Å². The van der Waals surface area contributed by atoms with Crippen molar-refractivity contribution in [2.45, 2.75) is 18.3 Å². The molecule has 0 heterocycles. The van der Waals surface area contributed by atoms with Gasteiger partial charge in [-0.05, 0) is 71.3 Å². The second-order valence-corrected chi connectivity index (χ2v) is 6.94. The van der Waals surface area contributed by atoms with Crippen LogP contribution in [0.4, 0.5) is 11.4 Å². The normalized spacial score (nSPS) is 15.5. The molecule has 1 aliphatic carbocycles. The van der Waals surface area contributed by atoms with Gasteiger partial charge < -0.3 is 11.1 Å². The molecule has 1 fully saturated rings. The first kappa shape index (κ1) is 14.7. The molecule has 21 heavy (non-hydrogen) atoms. The van der Waals surface area contributed by atoms with E-state index in [0.29, 0.717) is 16.4 Å². The summed E-state index contributed by atoms with van der Waals surface area (Å²) in [5.41, 5.74) is 7.65. The molecule has 0 spiro atoms. The number of amides is 1. The molecule has 3 nitrogen and oxygen atoms in total. The average Bonchev–Trinajstić information content (AvgIpc) is 3.24. The summed E-state index contributed by atoms with van der Waals surface area (Å²) >= 11 is 8.36. The van der Waals surface area contributed by atoms with E-state index in [4.69, 9.17) is 17.3 Å². The van der Waals surface area contributed by atoms with Crippen molar-refractivity contribution in [3.63, 3.8) is 0 Å². The summed E-state index contributed by atoms with van der Waals surface area (Å²) in [5, 5.41) is 3.51. The zero-order chi connectivity index (χ0) is 15.0. The van der Waals surface area contributed by atoms with Gasteiger partial charge >= 0.3 is 0 Å². The van der Waals surface area contributed by atoms with Gasteiger partial charge in [-0.15, -0.1) is 0 Å². The summed E-state index contributed by atoms with van der Waals surface area (Å²) in [6.45, 7) is 0. The summed E-state index contributed by atoms with van der Waals surface area (Å²) in [7, 11) is 0. The van der Waals surface area contributed by atoms with Crippen molar-refractivity contribution < 1.29 is 4.79 Å². The number of halogens is 2. The fourth-order valence-corrected chi connectivity index (χ4v) is 3.31. The molecule has 0 unspecified atom stereocenters. The number of anilines is 2. The number of nitrogen functional groups attached to an aromatic ring is 1. The van der Waals surface area contributed by atoms with E-state index >= 15 is 0 Å². The number of carbonyl (C=O) groups is 1. The molecule has 2 aromatic carbocycles. The molecule has 108 valence electrons. The highest BCUT2D eigenvalue weighted by Gasteiger charge is 2.51. The van der Waals surface area contributed by atoms with Crippen LogP contribution in [0.1, 0.15) is 18.4 Å². The van der Waals surface area contributed by atoms with Crippen LogP contribution in [0.2, 0.25) is 5.02 Å². The standard InChI is InChI=1S/C16H14ClIN2O/c17-13-9-11(18)3-6-14(13)20-15(21)16(7-8-16)10-1-4-12(19)5-2-10/h1-6,9H,7-8,19H2,(H,20,21). The quantitative estimate of drug-likeness (QED) is 0.586. The zero-order valence-electron chi connectivity index (χ0n) is 11.2. The van der Waals surface area contributed by atoms with Crippen molar-refractivity contribution in [3.05, 3.63) is 56.6 Å². The van der Waals surface area contributed by atoms with E-state index in [-0.39, 0.29) is 5.91 Å². The number of hydrogen-bond donors (Lipinski definition) is 2. The van der Waals surface area contributed by atoms with Crippen LogP contribution in [0.15, 0.2) is 42.5 Å². The summed E-state index contributed by atoms with van der Waals surface area (Å²) in [6.07, 6.45) is 1.70. The van der Waals surface area contributed by atoms with Crippen LogP contribution in [-0.2, 0) is 10.2 Å². The first-order chi connectivity index (χ1) is 10.0. The van der Waals surface area contributed by atoms with Crippen molar-refractivity contribution in [2.75, 3.05) is 11.1 Å². The minimum absolute atomic E-state index is 0.00428. The van der Waals surface area contributed by atoms with Crippen LogP contribution in [0, 0.1) is 3.57 Å². The van der Waals surface area contributed by atoms with Gasteiger partial charge in [-0.2, -0.15) is 0 Å². The lowest BCUT2D eigenvalue weighted by atomic mass is 9.94. The molecule has 3 rings (SSSR count). The number of benzene rings is 2. The van der Waals surface area contributed by atoms with Gasteiger partial charge in [-0.1, -0.05) is 23.7 Å². The molecule has 0 aliphatic heterocycles. The van der Waals surface area contributed by atoms with Gasteiger partial charge in [0.2, 0.25) is 5.91 Å². The molecular weight excluding hydrogens is 399 g/mol. The molecule has 0 saturated heterocycles. The minimum Gasteiger partial charge on any atom is -0.399 e. The zero-order valence-corrected chi connectivity index (χ0v) is 14.1. The van der Waals surface area contributed by atoms with Crippen LogP contribution < -0.4 is 11.1 Å². The van der Waals surface area contributed by atoms with E-state index in [1.165, 1.54) is 0 Å².